The van der Waals surface area contributed by atoms with Gasteiger partial charge in [-0.2, -0.15) is 0 Å². The van der Waals surface area contributed by atoms with E-state index in [9.17, 15) is 14.7 Å². The molecule has 1 unspecified atom stereocenters. The molecule has 0 bridgehead atoms. The lowest BCUT2D eigenvalue weighted by Crippen LogP contribution is -2.27. The van der Waals surface area contributed by atoms with Crippen LogP contribution in [0.4, 0.5) is 0 Å². The van der Waals surface area contributed by atoms with Gasteiger partial charge < -0.3 is 23.9 Å². The molecule has 2 aromatic rings. The van der Waals surface area contributed by atoms with Crippen LogP contribution in [0.15, 0.2) is 23.0 Å². The maximum atomic E-state index is 12.8. The van der Waals surface area contributed by atoms with Crippen LogP contribution in [0.25, 0.3) is 0 Å². The Morgan fingerprint density at radius 1 is 1.24 bits per heavy atom. The molecule has 25 heavy (non-hydrogen) atoms. The lowest BCUT2D eigenvalue weighted by atomic mass is 9.98. The van der Waals surface area contributed by atoms with Gasteiger partial charge in [0.1, 0.15) is 16.9 Å². The first kappa shape index (κ1) is 16.9. The monoisotopic (exact) mass is 345 g/mol. The summed E-state index contributed by atoms with van der Waals surface area (Å²) in [5.41, 5.74) is 0.939. The summed E-state index contributed by atoms with van der Waals surface area (Å²) in [4.78, 5) is 25.2. The molecule has 7 nitrogen and oxygen atoms in total. The molecule has 0 saturated heterocycles. The first-order valence-corrected chi connectivity index (χ1v) is 7.83. The Labute approximate surface area is 144 Å². The predicted octanol–water partition coefficient (Wildman–Crippen LogP) is 2.16. The molecule has 1 aromatic carbocycles. The molecule has 0 aliphatic carbocycles. The number of aromatic nitrogens is 1. The van der Waals surface area contributed by atoms with Gasteiger partial charge in [-0.05, 0) is 26.0 Å². The van der Waals surface area contributed by atoms with Crippen molar-refractivity contribution in [2.24, 2.45) is 0 Å². The maximum Gasteiger partial charge on any atom is 0.343 e. The Bertz CT molecular complexity index is 915. The molecule has 2 heterocycles. The average molecular weight is 345 g/mol. The fourth-order valence-corrected chi connectivity index (χ4v) is 3.22. The number of methoxy groups -OCH3 is 2. The number of ether oxygens (including phenoxy) is 3. The van der Waals surface area contributed by atoms with Gasteiger partial charge in [0.25, 0.3) is 5.56 Å². The van der Waals surface area contributed by atoms with E-state index < -0.39 is 12.1 Å². The predicted molar refractivity (Wildman–Crippen MR) is 89.6 cm³/mol. The molecular weight excluding hydrogens is 326 g/mol. The molecule has 1 aliphatic heterocycles. The van der Waals surface area contributed by atoms with Crippen LogP contribution in [-0.4, -0.2) is 29.9 Å². The topological polar surface area (TPSA) is 87.0 Å². The van der Waals surface area contributed by atoms with E-state index in [0.29, 0.717) is 23.6 Å². The molecule has 1 N–H and O–H groups in total. The Morgan fingerprint density at radius 3 is 2.56 bits per heavy atom. The average Bonchev–Trinajstić information content (AvgIpc) is 2.90. The largest absolute Gasteiger partial charge is 0.507 e. The number of aryl methyl sites for hydroxylation is 1. The minimum Gasteiger partial charge on any atom is -0.507 e. The molecule has 0 amide bonds. The number of benzene rings is 1. The van der Waals surface area contributed by atoms with E-state index in [1.165, 1.54) is 24.9 Å². The second-order valence-electron chi connectivity index (χ2n) is 5.68. The van der Waals surface area contributed by atoms with Crippen molar-refractivity contribution < 1.29 is 24.1 Å². The molecule has 7 heteroatoms. The Balaban J connectivity index is 2.25. The molecule has 132 valence electrons. The van der Waals surface area contributed by atoms with Gasteiger partial charge in [0, 0.05) is 17.8 Å². The van der Waals surface area contributed by atoms with Gasteiger partial charge in [0.2, 0.25) is 0 Å². The highest BCUT2D eigenvalue weighted by atomic mass is 16.6. The van der Waals surface area contributed by atoms with E-state index >= 15 is 0 Å². The molecule has 0 spiro atoms. The Hall–Kier alpha value is -2.96. The third kappa shape index (κ3) is 2.43. The second-order valence-corrected chi connectivity index (χ2v) is 5.68. The molecule has 1 aliphatic rings. The number of carbonyl (C=O) groups excluding carboxylic acids is 1. The highest BCUT2D eigenvalue weighted by molar-refractivity contribution is 5.98. The van der Waals surface area contributed by atoms with Crippen molar-refractivity contribution in [1.82, 2.24) is 4.57 Å². The number of esters is 1. The van der Waals surface area contributed by atoms with Gasteiger partial charge in [-0.3, -0.25) is 4.79 Å². The maximum absolute atomic E-state index is 12.8. The zero-order valence-corrected chi connectivity index (χ0v) is 14.5. The van der Waals surface area contributed by atoms with Crippen LogP contribution in [0.5, 0.6) is 17.2 Å². The summed E-state index contributed by atoms with van der Waals surface area (Å²) in [6.07, 6.45) is -0.992. The number of nitrogens with zero attached hydrogens (tertiary/aromatic N) is 1. The first-order chi connectivity index (χ1) is 11.9. The van der Waals surface area contributed by atoms with Gasteiger partial charge in [-0.1, -0.05) is 6.07 Å². The summed E-state index contributed by atoms with van der Waals surface area (Å²) in [6.45, 7) is 4.01. The Kier molecular flexibility index (Phi) is 4.16. The molecule has 1 aromatic heterocycles. The van der Waals surface area contributed by atoms with Crippen molar-refractivity contribution in [2.75, 3.05) is 14.2 Å². The van der Waals surface area contributed by atoms with Gasteiger partial charge in [-0.15, -0.1) is 0 Å². The summed E-state index contributed by atoms with van der Waals surface area (Å²) in [7, 11) is 2.89. The van der Waals surface area contributed by atoms with E-state index in [1.807, 2.05) is 6.92 Å². The smallest absolute Gasteiger partial charge is 0.343 e. The Morgan fingerprint density at radius 2 is 1.96 bits per heavy atom. The first-order valence-electron chi connectivity index (χ1n) is 7.83. The zero-order valence-electron chi connectivity index (χ0n) is 14.5. The number of aromatic hydroxyl groups is 1. The lowest BCUT2D eigenvalue weighted by molar-refractivity contribution is 0.0448. The number of cyclic esters (lactones) is 1. The van der Waals surface area contributed by atoms with Crippen molar-refractivity contribution in [3.8, 4) is 17.2 Å². The number of hydrogen-bond acceptors (Lipinski definition) is 6. The quantitative estimate of drug-likeness (QED) is 0.855. The minimum absolute atomic E-state index is 0.0340. The fourth-order valence-electron chi connectivity index (χ4n) is 3.22. The number of fused-ring (bicyclic) bond motifs is 1. The van der Waals surface area contributed by atoms with Crippen LogP contribution >= 0.6 is 0 Å². The van der Waals surface area contributed by atoms with Crippen molar-refractivity contribution in [3.05, 3.63) is 50.9 Å². The lowest BCUT2D eigenvalue weighted by Gasteiger charge is -2.16. The fraction of sp³-hybridized carbons (Fsp3) is 0.333. The summed E-state index contributed by atoms with van der Waals surface area (Å²) in [5, 5.41) is 10.3. The van der Waals surface area contributed by atoms with Crippen LogP contribution in [0.1, 0.15) is 40.2 Å². The molecular formula is C18H19NO6. The SMILES string of the molecule is CCn1c(C)cc(O)c(C2OC(=O)c3c2ccc(OC)c3OC)c1=O. The van der Waals surface area contributed by atoms with Crippen LogP contribution < -0.4 is 15.0 Å². The summed E-state index contributed by atoms with van der Waals surface area (Å²) >= 11 is 0. The van der Waals surface area contributed by atoms with Crippen LogP contribution in [0, 0.1) is 6.92 Å². The third-order valence-corrected chi connectivity index (χ3v) is 4.39. The summed E-state index contributed by atoms with van der Waals surface area (Å²) in [5.74, 6) is -0.196. The van der Waals surface area contributed by atoms with E-state index in [2.05, 4.69) is 0 Å². The number of carbonyl (C=O) groups is 1. The van der Waals surface area contributed by atoms with Crippen molar-refractivity contribution in [3.63, 3.8) is 0 Å². The van der Waals surface area contributed by atoms with Gasteiger partial charge in [-0.25, -0.2) is 4.79 Å². The van der Waals surface area contributed by atoms with E-state index in [0.717, 1.165) is 0 Å². The second kappa shape index (κ2) is 6.16. The highest BCUT2D eigenvalue weighted by Gasteiger charge is 2.39. The number of pyridine rings is 1. The number of rotatable bonds is 4. The van der Waals surface area contributed by atoms with Crippen molar-refractivity contribution in [2.45, 2.75) is 26.5 Å². The van der Waals surface area contributed by atoms with Crippen molar-refractivity contribution >= 4 is 5.97 Å². The van der Waals surface area contributed by atoms with Crippen LogP contribution in [-0.2, 0) is 11.3 Å². The van der Waals surface area contributed by atoms with E-state index in [-0.39, 0.29) is 28.2 Å². The minimum atomic E-state index is -0.992. The van der Waals surface area contributed by atoms with Gasteiger partial charge in [0.15, 0.2) is 17.6 Å². The van der Waals surface area contributed by atoms with Crippen LogP contribution in [0.2, 0.25) is 0 Å². The van der Waals surface area contributed by atoms with E-state index in [4.69, 9.17) is 14.2 Å². The zero-order chi connectivity index (χ0) is 18.3. The van der Waals surface area contributed by atoms with Gasteiger partial charge in [0.05, 0.1) is 14.2 Å². The standard InChI is InChI=1S/C18H19NO6/c1-5-19-9(2)8-11(20)14(17(19)21)15-10-6-7-12(23-3)16(24-4)13(10)18(22)25-15/h6-8,15,20H,5H2,1-4H3. The molecule has 0 saturated carbocycles. The molecule has 0 fully saturated rings. The van der Waals surface area contributed by atoms with Gasteiger partial charge >= 0.3 is 5.97 Å². The van der Waals surface area contributed by atoms with Crippen LogP contribution in [0.3, 0.4) is 0 Å². The summed E-state index contributed by atoms with van der Waals surface area (Å²) < 4.78 is 17.4. The molecule has 0 radical (unpaired) electrons. The third-order valence-electron chi connectivity index (χ3n) is 4.39. The highest BCUT2D eigenvalue weighted by Crippen LogP contribution is 2.45. The van der Waals surface area contributed by atoms with Crippen molar-refractivity contribution in [1.29, 1.82) is 0 Å². The normalized spacial score (nSPS) is 15.7. The molecule has 3 rings (SSSR count). The number of hydrogen-bond donors (Lipinski definition) is 1. The summed E-state index contributed by atoms with van der Waals surface area (Å²) in [6, 6.07) is 4.77. The van der Waals surface area contributed by atoms with E-state index in [1.54, 1.807) is 19.1 Å². The molecule has 1 atom stereocenters.